The van der Waals surface area contributed by atoms with E-state index in [4.69, 9.17) is 13.9 Å². The molecule has 2 aromatic heterocycles. The minimum atomic E-state index is -0.715. The van der Waals surface area contributed by atoms with Crippen molar-refractivity contribution in [1.82, 2.24) is 14.8 Å². The van der Waals surface area contributed by atoms with Gasteiger partial charge in [-0.1, -0.05) is 6.08 Å². The number of aromatic nitrogens is 3. The molecule has 8 nitrogen and oxygen atoms in total. The van der Waals surface area contributed by atoms with E-state index in [0.717, 1.165) is 4.68 Å². The predicted molar refractivity (Wildman–Crippen MR) is 102 cm³/mol. The number of hydrogen-bond acceptors (Lipinski definition) is 8. The summed E-state index contributed by atoms with van der Waals surface area (Å²) in [6.45, 7) is 3.55. The van der Waals surface area contributed by atoms with Crippen LogP contribution < -0.4 is 15.2 Å². The normalized spacial score (nSPS) is 12.1. The molecular formula is C19H15N3O5S. The van der Waals surface area contributed by atoms with Crippen LogP contribution in [0.1, 0.15) is 10.4 Å². The van der Waals surface area contributed by atoms with Crippen LogP contribution in [0.4, 0.5) is 0 Å². The summed E-state index contributed by atoms with van der Waals surface area (Å²) in [5.74, 6) is 0.831. The van der Waals surface area contributed by atoms with Crippen LogP contribution in [-0.4, -0.2) is 33.1 Å². The smallest absolute Gasteiger partial charge is 0.437 e. The van der Waals surface area contributed by atoms with Crippen molar-refractivity contribution in [2.24, 2.45) is 0 Å². The van der Waals surface area contributed by atoms with E-state index in [-0.39, 0.29) is 25.0 Å². The molecular weight excluding hydrogens is 382 g/mol. The molecule has 0 saturated carbocycles. The molecule has 0 N–H and O–H groups in total. The molecule has 0 amide bonds. The zero-order valence-corrected chi connectivity index (χ0v) is 15.5. The topological polar surface area (TPSA) is 96.5 Å². The average molecular weight is 397 g/mol. The van der Waals surface area contributed by atoms with Crippen molar-refractivity contribution in [3.05, 3.63) is 65.3 Å². The second kappa shape index (κ2) is 7.73. The van der Waals surface area contributed by atoms with Gasteiger partial charge in [0.1, 0.15) is 11.6 Å². The first-order chi connectivity index (χ1) is 13.7. The number of hydrogen-bond donors (Lipinski definition) is 0. The lowest BCUT2D eigenvalue weighted by Crippen LogP contribution is -2.21. The van der Waals surface area contributed by atoms with Crippen LogP contribution in [0.15, 0.2) is 63.4 Å². The van der Waals surface area contributed by atoms with Crippen LogP contribution in [0.5, 0.6) is 11.5 Å². The van der Waals surface area contributed by atoms with E-state index in [2.05, 4.69) is 16.7 Å². The Morgan fingerprint density at radius 1 is 1.29 bits per heavy atom. The molecule has 0 spiro atoms. The van der Waals surface area contributed by atoms with Gasteiger partial charge in [-0.2, -0.15) is 4.68 Å². The van der Waals surface area contributed by atoms with Gasteiger partial charge < -0.3 is 13.9 Å². The highest BCUT2D eigenvalue weighted by Crippen LogP contribution is 2.32. The minimum absolute atomic E-state index is 0.114. The van der Waals surface area contributed by atoms with E-state index in [1.807, 2.05) is 0 Å². The maximum atomic E-state index is 12.6. The maximum Gasteiger partial charge on any atom is 0.437 e. The molecule has 0 radical (unpaired) electrons. The third-order valence-electron chi connectivity index (χ3n) is 3.93. The molecule has 0 fully saturated rings. The van der Waals surface area contributed by atoms with Gasteiger partial charge in [0.05, 0.1) is 5.56 Å². The number of ketones is 1. The number of nitrogens with zero attached hydrogens (tertiary/aromatic N) is 3. The molecule has 1 aliphatic heterocycles. The standard InChI is InChI=1S/C19H15N3O5S/c1-2-8-28-18-13(4-3-7-20-18)17-21-22(19(24)27-17)10-14(23)12-5-6-15-16(9-12)26-11-25-15/h2-7,9H,1,8,10-11H2. The Hall–Kier alpha value is -3.33. The van der Waals surface area contributed by atoms with Gasteiger partial charge in [-0.25, -0.2) is 9.78 Å². The highest BCUT2D eigenvalue weighted by Gasteiger charge is 2.20. The molecule has 142 valence electrons. The van der Waals surface area contributed by atoms with Crippen LogP contribution in [0.25, 0.3) is 11.5 Å². The first-order valence-corrected chi connectivity index (χ1v) is 9.34. The largest absolute Gasteiger partial charge is 0.454 e. The third-order valence-corrected chi connectivity index (χ3v) is 4.93. The molecule has 0 unspecified atom stereocenters. The lowest BCUT2D eigenvalue weighted by Gasteiger charge is -2.03. The number of thioether (sulfide) groups is 1. The lowest BCUT2D eigenvalue weighted by atomic mass is 10.1. The molecule has 0 saturated heterocycles. The highest BCUT2D eigenvalue weighted by molar-refractivity contribution is 7.99. The Kier molecular flexibility index (Phi) is 4.98. The van der Waals surface area contributed by atoms with Gasteiger partial charge in [-0.3, -0.25) is 4.79 Å². The first-order valence-electron chi connectivity index (χ1n) is 8.35. The SMILES string of the molecule is C=CCSc1ncccc1-c1nn(CC(=O)c2ccc3c(c2)OCO3)c(=O)o1. The number of rotatable bonds is 7. The number of ether oxygens (including phenoxy) is 2. The summed E-state index contributed by atoms with van der Waals surface area (Å²) in [5.41, 5.74) is 0.977. The molecule has 1 aromatic carbocycles. The van der Waals surface area contributed by atoms with Crippen molar-refractivity contribution in [2.75, 3.05) is 12.5 Å². The number of carbonyl (C=O) groups excluding carboxylic acids is 1. The quantitative estimate of drug-likeness (QED) is 0.341. The van der Waals surface area contributed by atoms with Crippen molar-refractivity contribution < 1.29 is 18.7 Å². The summed E-state index contributed by atoms with van der Waals surface area (Å²) in [6.07, 6.45) is 3.40. The fourth-order valence-electron chi connectivity index (χ4n) is 2.62. The second-order valence-corrected chi connectivity index (χ2v) is 6.79. The van der Waals surface area contributed by atoms with E-state index in [9.17, 15) is 9.59 Å². The molecule has 0 atom stereocenters. The number of fused-ring (bicyclic) bond motifs is 1. The summed E-state index contributed by atoms with van der Waals surface area (Å²) in [5, 5.41) is 4.83. The first kappa shape index (κ1) is 18.1. The van der Waals surface area contributed by atoms with Gasteiger partial charge in [0.25, 0.3) is 5.89 Å². The molecule has 0 aliphatic carbocycles. The van der Waals surface area contributed by atoms with Crippen molar-refractivity contribution in [3.63, 3.8) is 0 Å². The Morgan fingerprint density at radius 3 is 3.00 bits per heavy atom. The van der Waals surface area contributed by atoms with Gasteiger partial charge in [0.15, 0.2) is 17.3 Å². The molecule has 3 heterocycles. The fourth-order valence-corrected chi connectivity index (χ4v) is 3.34. The summed E-state index contributed by atoms with van der Waals surface area (Å²) < 4.78 is 16.8. The lowest BCUT2D eigenvalue weighted by molar-refractivity contribution is 0.0964. The number of Topliss-reactive ketones (excluding diaryl/α,β-unsaturated/α-hetero) is 1. The zero-order valence-electron chi connectivity index (χ0n) is 14.7. The summed E-state index contributed by atoms with van der Waals surface area (Å²) in [6, 6.07) is 8.35. The summed E-state index contributed by atoms with van der Waals surface area (Å²) in [4.78, 5) is 29.0. The van der Waals surface area contributed by atoms with Gasteiger partial charge in [-0.05, 0) is 30.3 Å². The zero-order chi connectivity index (χ0) is 19.5. The van der Waals surface area contributed by atoms with Crippen molar-refractivity contribution in [2.45, 2.75) is 11.6 Å². The maximum absolute atomic E-state index is 12.6. The Bertz CT molecular complexity index is 1100. The van der Waals surface area contributed by atoms with Gasteiger partial charge in [-0.15, -0.1) is 23.4 Å². The summed E-state index contributed by atoms with van der Waals surface area (Å²) in [7, 11) is 0. The number of pyridine rings is 1. The van der Waals surface area contributed by atoms with Crippen LogP contribution in [0, 0.1) is 0 Å². The Morgan fingerprint density at radius 2 is 2.14 bits per heavy atom. The van der Waals surface area contributed by atoms with E-state index >= 15 is 0 Å². The molecule has 4 rings (SSSR count). The minimum Gasteiger partial charge on any atom is -0.454 e. The Balaban J connectivity index is 1.58. The van der Waals surface area contributed by atoms with Gasteiger partial charge in [0.2, 0.25) is 6.79 Å². The average Bonchev–Trinajstić information content (AvgIpc) is 3.32. The van der Waals surface area contributed by atoms with Crippen LogP contribution in [0.2, 0.25) is 0 Å². The van der Waals surface area contributed by atoms with Gasteiger partial charge >= 0.3 is 5.76 Å². The van der Waals surface area contributed by atoms with Crippen molar-refractivity contribution in [1.29, 1.82) is 0 Å². The highest BCUT2D eigenvalue weighted by atomic mass is 32.2. The molecule has 3 aromatic rings. The molecule has 1 aliphatic rings. The summed E-state index contributed by atoms with van der Waals surface area (Å²) >= 11 is 1.45. The third kappa shape index (κ3) is 3.56. The predicted octanol–water partition coefficient (Wildman–Crippen LogP) is 2.79. The van der Waals surface area contributed by atoms with Crippen molar-refractivity contribution >= 4 is 17.5 Å². The van der Waals surface area contributed by atoms with Crippen LogP contribution >= 0.6 is 11.8 Å². The monoisotopic (exact) mass is 397 g/mol. The van der Waals surface area contributed by atoms with E-state index in [0.29, 0.717) is 33.4 Å². The number of carbonyl (C=O) groups is 1. The van der Waals surface area contributed by atoms with E-state index < -0.39 is 5.76 Å². The van der Waals surface area contributed by atoms with Crippen LogP contribution in [-0.2, 0) is 6.54 Å². The van der Waals surface area contributed by atoms with Gasteiger partial charge in [0, 0.05) is 17.5 Å². The molecule has 0 bridgehead atoms. The number of benzene rings is 1. The van der Waals surface area contributed by atoms with Crippen molar-refractivity contribution in [3.8, 4) is 23.0 Å². The van der Waals surface area contributed by atoms with Crippen LogP contribution in [0.3, 0.4) is 0 Å². The van der Waals surface area contributed by atoms with E-state index in [1.165, 1.54) is 11.8 Å². The molecule has 9 heteroatoms. The Labute approximate surface area is 163 Å². The second-order valence-electron chi connectivity index (χ2n) is 5.78. The van der Waals surface area contributed by atoms with E-state index in [1.54, 1.807) is 42.6 Å². The fraction of sp³-hybridized carbons (Fsp3) is 0.158. The molecule has 28 heavy (non-hydrogen) atoms.